The molecule has 1 N–H and O–H groups in total. The smallest absolute Gasteiger partial charge is 0.264 e. The van der Waals surface area contributed by atoms with Crippen LogP contribution in [0.1, 0.15) is 43.2 Å². The van der Waals surface area contributed by atoms with E-state index >= 15 is 0 Å². The predicted octanol–water partition coefficient (Wildman–Crippen LogP) is 4.85. The standard InChI is InChI=1S/C22H23N5OS/c1-14(2)27-21(28)19-17-5-3-4-6-18(17)29-20(19)25-22(27)24-15-7-9-16(10-8-15)26-12-11-23-13-26/h7-14H,3-6H2,1-2H3,(H,24,25). The first-order chi connectivity index (χ1) is 14.1. The van der Waals surface area contributed by atoms with Gasteiger partial charge in [0, 0.05) is 34.7 Å². The fourth-order valence-electron chi connectivity index (χ4n) is 4.04. The molecule has 3 heterocycles. The van der Waals surface area contributed by atoms with Gasteiger partial charge in [-0.25, -0.2) is 9.97 Å². The maximum atomic E-state index is 13.4. The molecular weight excluding hydrogens is 382 g/mol. The summed E-state index contributed by atoms with van der Waals surface area (Å²) in [6, 6.07) is 8.05. The molecule has 7 heteroatoms. The molecule has 1 aromatic carbocycles. The van der Waals surface area contributed by atoms with Crippen LogP contribution in [0.3, 0.4) is 0 Å². The number of aromatic nitrogens is 4. The van der Waals surface area contributed by atoms with Crippen LogP contribution in [0, 0.1) is 0 Å². The number of benzene rings is 1. The molecule has 0 saturated carbocycles. The van der Waals surface area contributed by atoms with Crippen molar-refractivity contribution in [2.24, 2.45) is 0 Å². The maximum Gasteiger partial charge on any atom is 0.264 e. The molecule has 0 spiro atoms. The summed E-state index contributed by atoms with van der Waals surface area (Å²) in [5.74, 6) is 0.603. The molecule has 4 aromatic rings. The number of hydrogen-bond acceptors (Lipinski definition) is 5. The Morgan fingerprint density at radius 1 is 1.14 bits per heavy atom. The summed E-state index contributed by atoms with van der Waals surface area (Å²) in [7, 11) is 0. The van der Waals surface area contributed by atoms with E-state index in [1.54, 1.807) is 28.4 Å². The number of nitrogens with one attached hydrogen (secondary N) is 1. The largest absolute Gasteiger partial charge is 0.325 e. The average Bonchev–Trinajstić information content (AvgIpc) is 3.36. The van der Waals surface area contributed by atoms with E-state index in [9.17, 15) is 4.79 Å². The molecule has 0 amide bonds. The fourth-order valence-corrected chi connectivity index (χ4v) is 5.29. The number of hydrogen-bond donors (Lipinski definition) is 1. The zero-order valence-electron chi connectivity index (χ0n) is 16.6. The second kappa shape index (κ2) is 7.15. The Hall–Kier alpha value is -2.93. The molecule has 0 radical (unpaired) electrons. The van der Waals surface area contributed by atoms with E-state index in [2.05, 4.69) is 10.3 Å². The van der Waals surface area contributed by atoms with Gasteiger partial charge in [-0.2, -0.15) is 0 Å². The fraction of sp³-hybridized carbons (Fsp3) is 0.318. The highest BCUT2D eigenvalue weighted by atomic mass is 32.1. The highest BCUT2D eigenvalue weighted by Gasteiger charge is 2.23. The van der Waals surface area contributed by atoms with E-state index < -0.39 is 0 Å². The molecule has 6 nitrogen and oxygen atoms in total. The topological polar surface area (TPSA) is 64.7 Å². The van der Waals surface area contributed by atoms with Crippen LogP contribution >= 0.6 is 11.3 Å². The van der Waals surface area contributed by atoms with Crippen molar-refractivity contribution < 1.29 is 0 Å². The van der Waals surface area contributed by atoms with E-state index in [1.165, 1.54) is 16.9 Å². The lowest BCUT2D eigenvalue weighted by molar-refractivity contribution is 0.582. The number of anilines is 2. The van der Waals surface area contributed by atoms with E-state index in [-0.39, 0.29) is 11.6 Å². The van der Waals surface area contributed by atoms with Gasteiger partial charge >= 0.3 is 0 Å². The van der Waals surface area contributed by atoms with Crippen molar-refractivity contribution in [1.82, 2.24) is 19.1 Å². The highest BCUT2D eigenvalue weighted by Crippen LogP contribution is 2.35. The third-order valence-electron chi connectivity index (χ3n) is 5.46. The van der Waals surface area contributed by atoms with Crippen LogP contribution in [0.4, 0.5) is 11.6 Å². The molecule has 1 aliphatic rings. The van der Waals surface area contributed by atoms with Crippen molar-refractivity contribution in [3.63, 3.8) is 0 Å². The third-order valence-corrected chi connectivity index (χ3v) is 6.65. The lowest BCUT2D eigenvalue weighted by Crippen LogP contribution is -2.26. The van der Waals surface area contributed by atoms with Crippen molar-refractivity contribution in [3.8, 4) is 5.69 Å². The molecule has 0 bridgehead atoms. The minimum atomic E-state index is 0.0197. The Kier molecular flexibility index (Phi) is 4.47. The van der Waals surface area contributed by atoms with Crippen LogP contribution in [0.25, 0.3) is 15.9 Å². The first-order valence-corrected chi connectivity index (χ1v) is 10.9. The molecule has 0 fully saturated rings. The third kappa shape index (κ3) is 3.15. The molecule has 0 unspecified atom stereocenters. The first-order valence-electron chi connectivity index (χ1n) is 10.0. The monoisotopic (exact) mass is 405 g/mol. The van der Waals surface area contributed by atoms with Gasteiger partial charge in [0.15, 0.2) is 0 Å². The number of imidazole rings is 1. The second-order valence-corrected chi connectivity index (χ2v) is 8.82. The summed E-state index contributed by atoms with van der Waals surface area (Å²) in [6.45, 7) is 4.06. The molecule has 0 saturated heterocycles. The average molecular weight is 406 g/mol. The molecule has 0 atom stereocenters. The van der Waals surface area contributed by atoms with Crippen LogP contribution in [0.15, 0.2) is 47.8 Å². The van der Waals surface area contributed by atoms with E-state index in [0.717, 1.165) is 40.9 Å². The predicted molar refractivity (Wildman–Crippen MR) is 118 cm³/mol. The molecule has 5 rings (SSSR count). The lowest BCUT2D eigenvalue weighted by atomic mass is 9.97. The zero-order valence-corrected chi connectivity index (χ0v) is 17.4. The van der Waals surface area contributed by atoms with Crippen molar-refractivity contribution in [1.29, 1.82) is 0 Å². The van der Waals surface area contributed by atoms with Gasteiger partial charge in [0.25, 0.3) is 5.56 Å². The van der Waals surface area contributed by atoms with Gasteiger partial charge < -0.3 is 9.88 Å². The number of nitrogens with zero attached hydrogens (tertiary/aromatic N) is 4. The molecule has 3 aromatic heterocycles. The molecule has 148 valence electrons. The Balaban J connectivity index is 1.57. The summed E-state index contributed by atoms with van der Waals surface area (Å²) in [5, 5.41) is 4.21. The van der Waals surface area contributed by atoms with E-state index in [4.69, 9.17) is 4.98 Å². The van der Waals surface area contributed by atoms with Crippen LogP contribution in [0.5, 0.6) is 0 Å². The summed E-state index contributed by atoms with van der Waals surface area (Å²) in [4.78, 5) is 24.6. The van der Waals surface area contributed by atoms with Crippen molar-refractivity contribution in [3.05, 3.63) is 63.8 Å². The van der Waals surface area contributed by atoms with E-state index in [1.807, 2.05) is 48.9 Å². The number of rotatable bonds is 4. The van der Waals surface area contributed by atoms with Gasteiger partial charge in [0.2, 0.25) is 5.95 Å². The first kappa shape index (κ1) is 18.1. The summed E-state index contributed by atoms with van der Waals surface area (Å²) in [6.07, 6.45) is 9.85. The van der Waals surface area contributed by atoms with Crippen LogP contribution in [0.2, 0.25) is 0 Å². The van der Waals surface area contributed by atoms with Gasteiger partial charge in [-0.05, 0) is 69.4 Å². The maximum absolute atomic E-state index is 13.4. The SMILES string of the molecule is CC(C)n1c(Nc2ccc(-n3ccnc3)cc2)nc2sc3c(c2c1=O)CCCC3. The Morgan fingerprint density at radius 2 is 1.93 bits per heavy atom. The molecule has 0 aliphatic heterocycles. The number of fused-ring (bicyclic) bond motifs is 3. The minimum Gasteiger partial charge on any atom is -0.325 e. The Bertz CT molecular complexity index is 1220. The van der Waals surface area contributed by atoms with E-state index in [0.29, 0.717) is 5.95 Å². The molecular formula is C22H23N5OS. The van der Waals surface area contributed by atoms with Gasteiger partial charge in [-0.1, -0.05) is 0 Å². The van der Waals surface area contributed by atoms with Crippen LogP contribution < -0.4 is 10.9 Å². The van der Waals surface area contributed by atoms with Gasteiger partial charge in [-0.15, -0.1) is 11.3 Å². The van der Waals surface area contributed by atoms with Crippen molar-refractivity contribution in [2.75, 3.05) is 5.32 Å². The van der Waals surface area contributed by atoms with Gasteiger partial charge in [-0.3, -0.25) is 9.36 Å². The van der Waals surface area contributed by atoms with Crippen molar-refractivity contribution in [2.45, 2.75) is 45.6 Å². The highest BCUT2D eigenvalue weighted by molar-refractivity contribution is 7.18. The minimum absolute atomic E-state index is 0.0197. The van der Waals surface area contributed by atoms with Gasteiger partial charge in [0.1, 0.15) is 4.83 Å². The Labute approximate surface area is 172 Å². The molecule has 1 aliphatic carbocycles. The second-order valence-electron chi connectivity index (χ2n) is 7.74. The van der Waals surface area contributed by atoms with Gasteiger partial charge in [0.05, 0.1) is 11.7 Å². The van der Waals surface area contributed by atoms with Crippen LogP contribution in [-0.2, 0) is 12.8 Å². The number of aryl methyl sites for hydroxylation is 2. The summed E-state index contributed by atoms with van der Waals surface area (Å²) in [5.41, 5.74) is 3.24. The van der Waals surface area contributed by atoms with Crippen LogP contribution in [-0.4, -0.2) is 19.1 Å². The van der Waals surface area contributed by atoms with Crippen molar-refractivity contribution >= 4 is 33.2 Å². The Morgan fingerprint density at radius 3 is 2.66 bits per heavy atom. The number of thiophene rings is 1. The normalized spacial score (nSPS) is 13.8. The quantitative estimate of drug-likeness (QED) is 0.527. The molecule has 29 heavy (non-hydrogen) atoms. The summed E-state index contributed by atoms with van der Waals surface area (Å²) >= 11 is 1.69. The summed E-state index contributed by atoms with van der Waals surface area (Å²) < 4.78 is 3.74. The lowest BCUT2D eigenvalue weighted by Gasteiger charge is -2.17. The zero-order chi connectivity index (χ0) is 20.0.